The van der Waals surface area contributed by atoms with Crippen molar-refractivity contribution >= 4 is 0 Å². The van der Waals surface area contributed by atoms with E-state index in [1.165, 1.54) is 0 Å². The summed E-state index contributed by atoms with van der Waals surface area (Å²) in [6.07, 6.45) is 2.04. The second-order valence-electron chi connectivity index (χ2n) is 5.69. The van der Waals surface area contributed by atoms with E-state index in [4.69, 9.17) is 0 Å². The van der Waals surface area contributed by atoms with Crippen molar-refractivity contribution in [1.82, 2.24) is 20.0 Å². The number of hydrogen-bond donors (Lipinski definition) is 1. The minimum atomic E-state index is 0.167. The van der Waals surface area contributed by atoms with E-state index in [1.807, 2.05) is 10.9 Å². The summed E-state index contributed by atoms with van der Waals surface area (Å²) in [7, 11) is 4.21. The van der Waals surface area contributed by atoms with Crippen LogP contribution in [-0.2, 0) is 6.54 Å². The van der Waals surface area contributed by atoms with E-state index in [-0.39, 0.29) is 5.54 Å². The molecule has 4 heteroatoms. The van der Waals surface area contributed by atoms with Crippen LogP contribution in [0.2, 0.25) is 0 Å². The number of nitrogens with zero attached hydrogens (tertiary/aromatic N) is 3. The van der Waals surface area contributed by atoms with Gasteiger partial charge in [-0.25, -0.2) is 0 Å². The van der Waals surface area contributed by atoms with E-state index >= 15 is 0 Å². The van der Waals surface area contributed by atoms with Crippen LogP contribution in [0.4, 0.5) is 0 Å². The first-order valence-corrected chi connectivity index (χ1v) is 6.25. The van der Waals surface area contributed by atoms with Gasteiger partial charge in [0.1, 0.15) is 0 Å². The molecular weight excluding hydrogens is 212 g/mol. The van der Waals surface area contributed by atoms with Gasteiger partial charge in [0.2, 0.25) is 0 Å². The standard InChI is InChI=1S/C13H26N4/c1-11(2)17-8-7-12(15-17)9-14-10-13(3,4)16(5)6/h7-8,11,14H,9-10H2,1-6H3. The van der Waals surface area contributed by atoms with Crippen molar-refractivity contribution in [2.75, 3.05) is 20.6 Å². The maximum absolute atomic E-state index is 4.51. The fraction of sp³-hybridized carbons (Fsp3) is 0.769. The molecule has 1 N–H and O–H groups in total. The Bertz CT molecular complexity index is 339. The summed E-state index contributed by atoms with van der Waals surface area (Å²) < 4.78 is 1.99. The molecule has 98 valence electrons. The second kappa shape index (κ2) is 5.65. The molecule has 0 fully saturated rings. The van der Waals surface area contributed by atoms with E-state index in [9.17, 15) is 0 Å². The van der Waals surface area contributed by atoms with Gasteiger partial charge >= 0.3 is 0 Å². The first-order chi connectivity index (χ1) is 7.83. The molecule has 0 aliphatic heterocycles. The zero-order chi connectivity index (χ0) is 13.1. The number of nitrogens with one attached hydrogen (secondary N) is 1. The lowest BCUT2D eigenvalue weighted by Crippen LogP contribution is -2.46. The smallest absolute Gasteiger partial charge is 0.0762 e. The molecule has 0 saturated carbocycles. The van der Waals surface area contributed by atoms with Crippen LogP contribution in [-0.4, -0.2) is 40.9 Å². The Hall–Kier alpha value is -0.870. The summed E-state index contributed by atoms with van der Waals surface area (Å²) >= 11 is 0. The van der Waals surface area contributed by atoms with Gasteiger partial charge in [-0.3, -0.25) is 4.68 Å². The first kappa shape index (κ1) is 14.2. The third-order valence-electron chi connectivity index (χ3n) is 3.27. The fourth-order valence-corrected chi connectivity index (χ4v) is 1.41. The number of hydrogen-bond acceptors (Lipinski definition) is 3. The van der Waals surface area contributed by atoms with Crippen LogP contribution >= 0.6 is 0 Å². The Balaban J connectivity index is 2.41. The van der Waals surface area contributed by atoms with Crippen molar-refractivity contribution in [1.29, 1.82) is 0 Å². The normalized spacial score (nSPS) is 12.7. The first-order valence-electron chi connectivity index (χ1n) is 6.25. The summed E-state index contributed by atoms with van der Waals surface area (Å²) in [5, 5.41) is 7.97. The lowest BCUT2D eigenvalue weighted by Gasteiger charge is -2.32. The van der Waals surface area contributed by atoms with Gasteiger partial charge in [-0.15, -0.1) is 0 Å². The van der Waals surface area contributed by atoms with Gasteiger partial charge in [0.05, 0.1) is 5.69 Å². The van der Waals surface area contributed by atoms with Gasteiger partial charge in [0, 0.05) is 30.9 Å². The lowest BCUT2D eigenvalue weighted by molar-refractivity contribution is 0.189. The molecule has 0 spiro atoms. The number of aromatic nitrogens is 2. The number of rotatable bonds is 6. The highest BCUT2D eigenvalue weighted by molar-refractivity contribution is 4.99. The van der Waals surface area contributed by atoms with Gasteiger partial charge in [0.15, 0.2) is 0 Å². The van der Waals surface area contributed by atoms with E-state index in [0.717, 1.165) is 18.8 Å². The van der Waals surface area contributed by atoms with Crippen LogP contribution in [0.15, 0.2) is 12.3 Å². The highest BCUT2D eigenvalue weighted by Crippen LogP contribution is 2.08. The monoisotopic (exact) mass is 238 g/mol. The molecule has 0 saturated heterocycles. The summed E-state index contributed by atoms with van der Waals surface area (Å²) in [5.41, 5.74) is 1.27. The number of likely N-dealkylation sites (N-methyl/N-ethyl adjacent to an activating group) is 1. The molecule has 1 rings (SSSR count). The van der Waals surface area contributed by atoms with Crippen LogP contribution in [0.3, 0.4) is 0 Å². The quantitative estimate of drug-likeness (QED) is 0.821. The Morgan fingerprint density at radius 2 is 2.06 bits per heavy atom. The SMILES string of the molecule is CC(C)n1ccc(CNCC(C)(C)N(C)C)n1. The van der Waals surface area contributed by atoms with Crippen LogP contribution in [0, 0.1) is 0 Å². The van der Waals surface area contributed by atoms with Crippen LogP contribution in [0.1, 0.15) is 39.4 Å². The van der Waals surface area contributed by atoms with Gasteiger partial charge < -0.3 is 10.2 Å². The van der Waals surface area contributed by atoms with Gasteiger partial charge in [-0.05, 0) is 47.9 Å². The molecule has 1 aromatic heterocycles. The highest BCUT2D eigenvalue weighted by atomic mass is 15.3. The highest BCUT2D eigenvalue weighted by Gasteiger charge is 2.19. The van der Waals surface area contributed by atoms with Crippen molar-refractivity contribution < 1.29 is 0 Å². The maximum atomic E-state index is 4.51. The van der Waals surface area contributed by atoms with Gasteiger partial charge in [-0.2, -0.15) is 5.10 Å². The van der Waals surface area contributed by atoms with Crippen LogP contribution < -0.4 is 5.32 Å². The largest absolute Gasteiger partial charge is 0.309 e. The molecule has 17 heavy (non-hydrogen) atoms. The molecule has 1 aromatic rings. The Morgan fingerprint density at radius 1 is 1.41 bits per heavy atom. The topological polar surface area (TPSA) is 33.1 Å². The average Bonchev–Trinajstić information content (AvgIpc) is 2.66. The Labute approximate surface area is 105 Å². The lowest BCUT2D eigenvalue weighted by atomic mass is 10.0. The molecular formula is C13H26N4. The summed E-state index contributed by atoms with van der Waals surface area (Å²) in [5.74, 6) is 0. The molecule has 0 amide bonds. The van der Waals surface area contributed by atoms with Crippen molar-refractivity contribution in [2.24, 2.45) is 0 Å². The van der Waals surface area contributed by atoms with Gasteiger partial charge in [-0.1, -0.05) is 0 Å². The van der Waals surface area contributed by atoms with Crippen molar-refractivity contribution in [3.05, 3.63) is 18.0 Å². The fourth-order valence-electron chi connectivity index (χ4n) is 1.41. The minimum absolute atomic E-state index is 0.167. The molecule has 1 heterocycles. The van der Waals surface area contributed by atoms with Gasteiger partial charge in [0.25, 0.3) is 0 Å². The summed E-state index contributed by atoms with van der Waals surface area (Å²) in [4.78, 5) is 2.23. The summed E-state index contributed by atoms with van der Waals surface area (Å²) in [6.45, 7) is 10.5. The molecule has 0 aromatic carbocycles. The molecule has 0 bridgehead atoms. The van der Waals surface area contributed by atoms with E-state index in [2.05, 4.69) is 63.2 Å². The molecule has 0 aliphatic rings. The van der Waals surface area contributed by atoms with E-state index in [1.54, 1.807) is 0 Å². The molecule has 4 nitrogen and oxygen atoms in total. The van der Waals surface area contributed by atoms with Crippen LogP contribution in [0.5, 0.6) is 0 Å². The zero-order valence-corrected chi connectivity index (χ0v) is 12.0. The second-order valence-corrected chi connectivity index (χ2v) is 5.69. The van der Waals surface area contributed by atoms with E-state index in [0.29, 0.717) is 6.04 Å². The third kappa shape index (κ3) is 4.13. The van der Waals surface area contributed by atoms with Crippen molar-refractivity contribution in [2.45, 2.75) is 45.8 Å². The van der Waals surface area contributed by atoms with Crippen molar-refractivity contribution in [3.8, 4) is 0 Å². The molecule has 0 atom stereocenters. The predicted molar refractivity (Wildman–Crippen MR) is 72.1 cm³/mol. The van der Waals surface area contributed by atoms with Crippen LogP contribution in [0.25, 0.3) is 0 Å². The Kier molecular flexibility index (Phi) is 4.71. The Morgan fingerprint density at radius 3 is 2.53 bits per heavy atom. The maximum Gasteiger partial charge on any atom is 0.0762 e. The molecule has 0 radical (unpaired) electrons. The predicted octanol–water partition coefficient (Wildman–Crippen LogP) is 1.89. The minimum Gasteiger partial charge on any atom is -0.309 e. The van der Waals surface area contributed by atoms with Crippen molar-refractivity contribution in [3.63, 3.8) is 0 Å². The van der Waals surface area contributed by atoms with E-state index < -0.39 is 0 Å². The average molecular weight is 238 g/mol. The molecule has 0 aliphatic carbocycles. The molecule has 0 unspecified atom stereocenters. The zero-order valence-electron chi connectivity index (χ0n) is 12.0. The summed E-state index contributed by atoms with van der Waals surface area (Å²) in [6, 6.07) is 2.51. The third-order valence-corrected chi connectivity index (χ3v) is 3.27.